The first-order valence-corrected chi connectivity index (χ1v) is 9.40. The summed E-state index contributed by atoms with van der Waals surface area (Å²) in [6.45, 7) is 0. The van der Waals surface area contributed by atoms with Crippen molar-refractivity contribution in [3.8, 4) is 0 Å². The molecule has 1 aromatic carbocycles. The van der Waals surface area contributed by atoms with Crippen LogP contribution in [0.15, 0.2) is 18.2 Å². The van der Waals surface area contributed by atoms with Gasteiger partial charge in [-0.1, -0.05) is 0 Å². The van der Waals surface area contributed by atoms with Gasteiger partial charge in [-0.15, -0.1) is 0 Å². The molecule has 4 N–H and O–H groups in total. The van der Waals surface area contributed by atoms with Gasteiger partial charge in [0.05, 0.1) is 0 Å². The first-order valence-electron chi connectivity index (χ1n) is 6.87. The molecule has 2 rings (SSSR count). The van der Waals surface area contributed by atoms with Crippen molar-refractivity contribution in [2.45, 2.75) is 36.8 Å². The molecule has 0 bridgehead atoms. The van der Waals surface area contributed by atoms with Crippen LogP contribution in [-0.2, 0) is 0 Å². The van der Waals surface area contributed by atoms with Crippen LogP contribution < -0.4 is 15.4 Å². The molecule has 1 amide bonds. The van der Waals surface area contributed by atoms with E-state index < -0.39 is 27.8 Å². The van der Waals surface area contributed by atoms with Crippen molar-refractivity contribution in [3.63, 3.8) is 0 Å². The van der Waals surface area contributed by atoms with Crippen molar-refractivity contribution in [2.24, 2.45) is 5.92 Å². The number of halogens is 2. The summed E-state index contributed by atoms with van der Waals surface area (Å²) in [5, 5.41) is 11.9. The summed E-state index contributed by atoms with van der Waals surface area (Å²) in [5.74, 6) is -2.10. The number of nitrogens with two attached hydrogens (primary N) is 1. The first-order chi connectivity index (χ1) is 9.85. The Labute approximate surface area is 128 Å². The van der Waals surface area contributed by atoms with E-state index in [9.17, 15) is 13.6 Å². The molecule has 0 heterocycles. The van der Waals surface area contributed by atoms with Gasteiger partial charge in [-0.3, -0.25) is 0 Å². The zero-order valence-electron chi connectivity index (χ0n) is 11.5. The maximum atomic E-state index is 13.1. The molecule has 1 atom stereocenters. The number of hydrogen-bond acceptors (Lipinski definition) is 2. The van der Waals surface area contributed by atoms with Gasteiger partial charge in [0.2, 0.25) is 0 Å². The Bertz CT molecular complexity index is 516. The number of nitrogens with one attached hydrogen (secondary N) is 1. The van der Waals surface area contributed by atoms with Crippen molar-refractivity contribution >= 4 is 37.6 Å². The van der Waals surface area contributed by atoms with E-state index in [4.69, 9.17) is 10.8 Å². The number of carbonyl (C=O) groups is 1. The number of anilines is 2. The second-order valence-corrected chi connectivity index (χ2v) is 8.14. The zero-order valence-corrected chi connectivity index (χ0v) is 13.6. The van der Waals surface area contributed by atoms with Gasteiger partial charge < -0.3 is 0 Å². The maximum absolute atomic E-state index is 13.1. The number of rotatable bonds is 4. The van der Waals surface area contributed by atoms with E-state index in [1.54, 1.807) is 12.1 Å². The Balaban J connectivity index is 1.87. The Kier molecular flexibility index (Phi) is 5.09. The van der Waals surface area contributed by atoms with E-state index in [-0.39, 0.29) is 12.8 Å². The second kappa shape index (κ2) is 6.65. The Morgan fingerprint density at radius 2 is 2.10 bits per heavy atom. The summed E-state index contributed by atoms with van der Waals surface area (Å²) in [4.78, 5) is 10.5. The van der Waals surface area contributed by atoms with Crippen molar-refractivity contribution < 1.29 is 18.7 Å². The van der Waals surface area contributed by atoms with E-state index in [0.717, 1.165) is 9.56 Å². The fourth-order valence-electron chi connectivity index (χ4n) is 2.48. The van der Waals surface area contributed by atoms with Crippen LogP contribution in [0.1, 0.15) is 25.7 Å². The van der Waals surface area contributed by atoms with Gasteiger partial charge in [0, 0.05) is 0 Å². The van der Waals surface area contributed by atoms with Gasteiger partial charge in [-0.2, -0.15) is 0 Å². The van der Waals surface area contributed by atoms with E-state index in [1.165, 1.54) is 0 Å². The number of nitrogen functional groups attached to an aromatic ring is 1. The van der Waals surface area contributed by atoms with Crippen molar-refractivity contribution in [3.05, 3.63) is 18.2 Å². The van der Waals surface area contributed by atoms with Crippen LogP contribution in [0.4, 0.5) is 25.0 Å². The number of carboxylic acid groups (broad SMARTS) is 1. The second-order valence-electron chi connectivity index (χ2n) is 5.41. The van der Waals surface area contributed by atoms with Crippen LogP contribution >= 0.6 is 0 Å². The van der Waals surface area contributed by atoms with Crippen molar-refractivity contribution in [2.75, 3.05) is 11.1 Å². The predicted molar refractivity (Wildman–Crippen MR) is 81.0 cm³/mol. The average molecular weight is 360 g/mol. The Morgan fingerprint density at radius 3 is 2.67 bits per heavy atom. The molecule has 0 aromatic heterocycles. The molecule has 0 aliphatic heterocycles. The fraction of sp³-hybridized carbons (Fsp3) is 0.500. The summed E-state index contributed by atoms with van der Waals surface area (Å²) in [7, 11) is 0. The van der Waals surface area contributed by atoms with E-state index in [2.05, 4.69) is 5.32 Å². The molecule has 7 heteroatoms. The number of amides is 1. The van der Waals surface area contributed by atoms with Gasteiger partial charge in [-0.05, 0) is 0 Å². The molecular weight excluding hydrogens is 341 g/mol. The third-order valence-corrected chi connectivity index (χ3v) is 7.11. The molecule has 1 aliphatic carbocycles. The molecule has 0 radical (unpaired) electrons. The SMILES string of the molecule is Nc1cc(NC(=O)O)ccc1[AsH]CC1CCC(F)(F)CC1. The van der Waals surface area contributed by atoms with Crippen LogP contribution in [0.5, 0.6) is 0 Å². The number of benzene rings is 1. The monoisotopic (exact) mass is 360 g/mol. The Hall–Kier alpha value is -1.29. The molecule has 1 unspecified atom stereocenters. The predicted octanol–water partition coefficient (Wildman–Crippen LogP) is 2.66. The summed E-state index contributed by atoms with van der Waals surface area (Å²) in [6.07, 6.45) is 0.0624. The molecule has 1 saturated carbocycles. The zero-order chi connectivity index (χ0) is 15.5. The molecule has 1 aliphatic rings. The van der Waals surface area contributed by atoms with Crippen LogP contribution in [-0.4, -0.2) is 32.9 Å². The van der Waals surface area contributed by atoms with E-state index in [0.29, 0.717) is 30.1 Å². The molecule has 0 saturated heterocycles. The van der Waals surface area contributed by atoms with Crippen LogP contribution in [0.25, 0.3) is 0 Å². The van der Waals surface area contributed by atoms with Crippen LogP contribution in [0.3, 0.4) is 0 Å². The molecule has 21 heavy (non-hydrogen) atoms. The van der Waals surface area contributed by atoms with Crippen molar-refractivity contribution in [1.82, 2.24) is 0 Å². The van der Waals surface area contributed by atoms with Crippen molar-refractivity contribution in [1.29, 1.82) is 0 Å². The summed E-state index contributed by atoms with van der Waals surface area (Å²) < 4.78 is 27.2. The summed E-state index contributed by atoms with van der Waals surface area (Å²) >= 11 is -0.475. The van der Waals surface area contributed by atoms with Gasteiger partial charge in [-0.25, -0.2) is 0 Å². The Morgan fingerprint density at radius 1 is 1.43 bits per heavy atom. The average Bonchev–Trinajstić information content (AvgIpc) is 2.38. The minimum absolute atomic E-state index is 0.000772. The number of hydrogen-bond donors (Lipinski definition) is 3. The van der Waals surface area contributed by atoms with Crippen LogP contribution in [0, 0.1) is 5.92 Å². The van der Waals surface area contributed by atoms with Gasteiger partial charge in [0.15, 0.2) is 0 Å². The molecule has 0 spiro atoms. The number of alkyl halides is 2. The van der Waals surface area contributed by atoms with Gasteiger partial charge in [0.1, 0.15) is 0 Å². The quantitative estimate of drug-likeness (QED) is 0.571. The minimum atomic E-state index is -2.47. The molecule has 4 nitrogen and oxygen atoms in total. The van der Waals surface area contributed by atoms with E-state index >= 15 is 0 Å². The van der Waals surface area contributed by atoms with Gasteiger partial charge >= 0.3 is 128 Å². The topological polar surface area (TPSA) is 75.3 Å². The first kappa shape index (κ1) is 16.1. The van der Waals surface area contributed by atoms with Gasteiger partial charge in [0.25, 0.3) is 0 Å². The normalized spacial score (nSPS) is 19.0. The molecule has 1 fully saturated rings. The standard InChI is InChI=1S/C14H19AsF2N2O2/c16-14(17)5-3-9(4-6-14)8-15-11-2-1-10(7-12(11)18)19-13(20)21/h1-2,7,9,15,19H,3-6,8,18H2,(H,20,21). The third kappa shape index (κ3) is 4.88. The molecular formula is C14H19AsF2N2O2. The fourth-order valence-corrected chi connectivity index (χ4v) is 5.41. The summed E-state index contributed by atoms with van der Waals surface area (Å²) in [5.41, 5.74) is 6.97. The summed E-state index contributed by atoms with van der Waals surface area (Å²) in [6, 6.07) is 5.15. The van der Waals surface area contributed by atoms with E-state index in [1.807, 2.05) is 6.07 Å². The third-order valence-electron chi connectivity index (χ3n) is 3.72. The molecule has 1 aromatic rings. The van der Waals surface area contributed by atoms with Crippen LogP contribution in [0.2, 0.25) is 5.21 Å². The molecule has 116 valence electrons.